The minimum Gasteiger partial charge on any atom is -0.456 e. The molecule has 3 aromatic heterocycles. The first-order chi connectivity index (χ1) is 27.7. The largest absolute Gasteiger partial charge is 0.456 e. The van der Waals surface area contributed by atoms with Crippen LogP contribution in [0.1, 0.15) is 0 Å². The number of benzene rings is 9. The van der Waals surface area contributed by atoms with E-state index in [2.05, 4.69) is 115 Å². The highest BCUT2D eigenvalue weighted by molar-refractivity contribution is 6.24. The molecule has 56 heavy (non-hydrogen) atoms. The predicted octanol–water partition coefficient (Wildman–Crippen LogP) is 13.8. The van der Waals surface area contributed by atoms with Crippen molar-refractivity contribution in [2.45, 2.75) is 0 Å². The van der Waals surface area contributed by atoms with Crippen LogP contribution >= 0.6 is 0 Å². The van der Waals surface area contributed by atoms with Gasteiger partial charge in [0.2, 0.25) is 0 Å². The zero-order valence-electron chi connectivity index (χ0n) is 29.9. The molecular formula is C51H29N3O2. The van der Waals surface area contributed by atoms with E-state index in [0.717, 1.165) is 66.1 Å². The smallest absolute Gasteiger partial charge is 0.167 e. The molecule has 12 aromatic rings. The highest BCUT2D eigenvalue weighted by Crippen LogP contribution is 2.41. The Morgan fingerprint density at radius 3 is 1.70 bits per heavy atom. The third-order valence-corrected chi connectivity index (χ3v) is 11.1. The maximum absolute atomic E-state index is 6.49. The Labute approximate surface area is 320 Å². The molecule has 5 heteroatoms. The van der Waals surface area contributed by atoms with E-state index >= 15 is 0 Å². The lowest BCUT2D eigenvalue weighted by molar-refractivity contribution is 0.668. The lowest BCUT2D eigenvalue weighted by atomic mass is 9.90. The van der Waals surface area contributed by atoms with Crippen molar-refractivity contribution in [3.05, 3.63) is 176 Å². The molecule has 0 spiro atoms. The summed E-state index contributed by atoms with van der Waals surface area (Å²) in [7, 11) is 0. The van der Waals surface area contributed by atoms with Crippen LogP contribution in [-0.4, -0.2) is 15.0 Å². The first kappa shape index (κ1) is 30.8. The average Bonchev–Trinajstić information content (AvgIpc) is 3.85. The van der Waals surface area contributed by atoms with Crippen molar-refractivity contribution >= 4 is 76.2 Å². The summed E-state index contributed by atoms with van der Waals surface area (Å²) in [5.74, 6) is 1.67. The summed E-state index contributed by atoms with van der Waals surface area (Å²) in [6.45, 7) is 0. The summed E-state index contributed by atoms with van der Waals surface area (Å²) in [6, 6.07) is 61.1. The Hall–Kier alpha value is -7.63. The first-order valence-electron chi connectivity index (χ1n) is 18.8. The van der Waals surface area contributed by atoms with Gasteiger partial charge in [0.05, 0.1) is 5.56 Å². The number of hydrogen-bond donors (Lipinski definition) is 0. The zero-order chi connectivity index (χ0) is 36.7. The van der Waals surface area contributed by atoms with Crippen molar-refractivity contribution in [3.63, 3.8) is 0 Å². The molecule has 0 saturated heterocycles. The number of para-hydroxylation sites is 3. The summed E-state index contributed by atoms with van der Waals surface area (Å²) in [5.41, 5.74) is 8.04. The SMILES string of the molecule is c1ccc2c(c1)ccc1c(-c3ccc(-c4nc(-c5cccc6c5oc5ccccc56)nc(-c5cccc6oc7ccccc7c56)n4)cc3)cc3ccccc3c12. The van der Waals surface area contributed by atoms with Crippen molar-refractivity contribution in [1.29, 1.82) is 0 Å². The molecule has 9 aromatic carbocycles. The van der Waals surface area contributed by atoms with Crippen LogP contribution in [0.25, 0.3) is 121 Å². The number of fused-ring (bicyclic) bond motifs is 11. The molecule has 0 amide bonds. The molecule has 0 unspecified atom stereocenters. The molecular weight excluding hydrogens is 687 g/mol. The van der Waals surface area contributed by atoms with Gasteiger partial charge >= 0.3 is 0 Å². The second kappa shape index (κ2) is 11.9. The zero-order valence-corrected chi connectivity index (χ0v) is 29.9. The number of furan rings is 2. The standard InChI is InChI=1S/C51H29N3O2/c1-3-13-34-30(11-1)27-28-37-42(29-33-12-2-4-14-35(33)46(34)37)31-23-25-32(26-24-31)49-52-50(40-18-10-22-45-47(40)39-16-6-8-21-44(39)55-45)54-51(53-49)41-19-9-17-38-36-15-5-7-20-43(36)56-48(38)41/h1-29H. The summed E-state index contributed by atoms with van der Waals surface area (Å²) < 4.78 is 12.8. The average molecular weight is 716 g/mol. The number of nitrogens with zero attached hydrogens (tertiary/aromatic N) is 3. The van der Waals surface area contributed by atoms with Gasteiger partial charge in [0.15, 0.2) is 17.5 Å². The molecule has 12 rings (SSSR count). The summed E-state index contributed by atoms with van der Waals surface area (Å²) >= 11 is 0. The molecule has 0 radical (unpaired) electrons. The van der Waals surface area contributed by atoms with E-state index in [4.69, 9.17) is 23.8 Å². The Morgan fingerprint density at radius 2 is 0.875 bits per heavy atom. The lowest BCUT2D eigenvalue weighted by Gasteiger charge is -2.14. The van der Waals surface area contributed by atoms with Gasteiger partial charge < -0.3 is 8.83 Å². The van der Waals surface area contributed by atoms with Gasteiger partial charge in [0.1, 0.15) is 22.3 Å². The predicted molar refractivity (Wildman–Crippen MR) is 229 cm³/mol. The maximum Gasteiger partial charge on any atom is 0.167 e. The van der Waals surface area contributed by atoms with Crippen LogP contribution in [0.4, 0.5) is 0 Å². The van der Waals surface area contributed by atoms with E-state index < -0.39 is 0 Å². The third kappa shape index (κ3) is 4.64. The van der Waals surface area contributed by atoms with Crippen molar-refractivity contribution in [2.75, 3.05) is 0 Å². The van der Waals surface area contributed by atoms with Crippen LogP contribution in [0.5, 0.6) is 0 Å². The Bertz CT molecular complexity index is 3530. The Balaban J connectivity index is 1.07. The fourth-order valence-electron chi connectivity index (χ4n) is 8.54. The molecule has 3 heterocycles. The molecule has 0 aliphatic rings. The number of hydrogen-bond acceptors (Lipinski definition) is 5. The maximum atomic E-state index is 6.49. The molecule has 0 aliphatic carbocycles. The highest BCUT2D eigenvalue weighted by atomic mass is 16.3. The van der Waals surface area contributed by atoms with Gasteiger partial charge in [-0.2, -0.15) is 0 Å². The van der Waals surface area contributed by atoms with E-state index in [0.29, 0.717) is 17.5 Å². The highest BCUT2D eigenvalue weighted by Gasteiger charge is 2.21. The van der Waals surface area contributed by atoms with Crippen molar-refractivity contribution < 1.29 is 8.83 Å². The van der Waals surface area contributed by atoms with Crippen molar-refractivity contribution in [1.82, 2.24) is 15.0 Å². The van der Waals surface area contributed by atoms with Crippen LogP contribution in [0, 0.1) is 0 Å². The second-order valence-electron chi connectivity index (χ2n) is 14.3. The molecule has 0 atom stereocenters. The second-order valence-corrected chi connectivity index (χ2v) is 14.3. The van der Waals surface area contributed by atoms with Gasteiger partial charge in [0, 0.05) is 32.7 Å². The Kier molecular flexibility index (Phi) is 6.56. The molecule has 0 aliphatic heterocycles. The monoisotopic (exact) mass is 715 g/mol. The van der Waals surface area contributed by atoms with Gasteiger partial charge in [-0.15, -0.1) is 0 Å². The normalized spacial score (nSPS) is 11.9. The van der Waals surface area contributed by atoms with E-state index in [1.807, 2.05) is 60.7 Å². The van der Waals surface area contributed by atoms with Crippen molar-refractivity contribution in [2.24, 2.45) is 0 Å². The Morgan fingerprint density at radius 1 is 0.304 bits per heavy atom. The number of aromatic nitrogens is 3. The fraction of sp³-hybridized carbons (Fsp3) is 0. The third-order valence-electron chi connectivity index (χ3n) is 11.1. The summed E-state index contributed by atoms with van der Waals surface area (Å²) in [5, 5.41) is 11.5. The van der Waals surface area contributed by atoms with Crippen LogP contribution in [0.15, 0.2) is 185 Å². The van der Waals surface area contributed by atoms with Crippen LogP contribution in [0.2, 0.25) is 0 Å². The quantitative estimate of drug-likeness (QED) is 0.170. The summed E-state index contributed by atoms with van der Waals surface area (Å²) in [4.78, 5) is 15.5. The van der Waals surface area contributed by atoms with E-state index in [-0.39, 0.29) is 0 Å². The molecule has 0 fully saturated rings. The van der Waals surface area contributed by atoms with Crippen LogP contribution < -0.4 is 0 Å². The van der Waals surface area contributed by atoms with Gasteiger partial charge in [0.25, 0.3) is 0 Å². The van der Waals surface area contributed by atoms with Crippen LogP contribution in [-0.2, 0) is 0 Å². The number of rotatable bonds is 4. The minimum atomic E-state index is 0.538. The van der Waals surface area contributed by atoms with Gasteiger partial charge in [-0.3, -0.25) is 0 Å². The molecule has 0 saturated carbocycles. The first-order valence-corrected chi connectivity index (χ1v) is 18.8. The van der Waals surface area contributed by atoms with E-state index in [1.54, 1.807) is 0 Å². The van der Waals surface area contributed by atoms with Gasteiger partial charge in [-0.25, -0.2) is 15.0 Å². The lowest BCUT2D eigenvalue weighted by Crippen LogP contribution is -2.00. The molecule has 5 nitrogen and oxygen atoms in total. The van der Waals surface area contributed by atoms with Crippen molar-refractivity contribution in [3.8, 4) is 45.3 Å². The molecule has 260 valence electrons. The fourth-order valence-corrected chi connectivity index (χ4v) is 8.54. The van der Waals surface area contributed by atoms with E-state index in [1.165, 1.54) is 37.9 Å². The molecule has 0 N–H and O–H groups in total. The summed E-state index contributed by atoms with van der Waals surface area (Å²) in [6.07, 6.45) is 0. The topological polar surface area (TPSA) is 65.0 Å². The van der Waals surface area contributed by atoms with E-state index in [9.17, 15) is 0 Å². The minimum absolute atomic E-state index is 0.538. The molecule has 0 bridgehead atoms. The van der Waals surface area contributed by atoms with Gasteiger partial charge in [-0.05, 0) is 73.8 Å². The van der Waals surface area contributed by atoms with Gasteiger partial charge in [-0.1, -0.05) is 146 Å². The van der Waals surface area contributed by atoms with Crippen LogP contribution in [0.3, 0.4) is 0 Å².